The minimum absolute atomic E-state index is 0.0442. The third-order valence-corrected chi connectivity index (χ3v) is 5.26. The van der Waals surface area contributed by atoms with Gasteiger partial charge in [-0.1, -0.05) is 19.3 Å². The van der Waals surface area contributed by atoms with Crippen molar-refractivity contribution in [2.45, 2.75) is 56.2 Å². The second-order valence-electron chi connectivity index (χ2n) is 5.20. The van der Waals surface area contributed by atoms with Crippen molar-refractivity contribution in [3.8, 4) is 0 Å². The summed E-state index contributed by atoms with van der Waals surface area (Å²) in [4.78, 5) is 23.3. The Morgan fingerprint density at radius 2 is 1.83 bits per heavy atom. The molecule has 0 bridgehead atoms. The van der Waals surface area contributed by atoms with Crippen LogP contribution in [0.4, 0.5) is 0 Å². The van der Waals surface area contributed by atoms with Crippen LogP contribution < -0.4 is 5.32 Å². The van der Waals surface area contributed by atoms with Gasteiger partial charge in [-0.25, -0.2) is 0 Å². The molecule has 1 heterocycles. The number of carbonyl (C=O) groups is 2. The highest BCUT2D eigenvalue weighted by atomic mass is 32.2. The van der Waals surface area contributed by atoms with Crippen molar-refractivity contribution in [3.63, 3.8) is 0 Å². The number of carboxylic acids is 1. The Morgan fingerprint density at radius 1 is 1.06 bits per heavy atom. The molecule has 1 saturated heterocycles. The minimum Gasteiger partial charge on any atom is -0.481 e. The minimum atomic E-state index is -0.763. The van der Waals surface area contributed by atoms with Gasteiger partial charge in [0.25, 0.3) is 0 Å². The SMILES string of the molecule is O=C(NC1CCCCCC1C(=O)O)C1CCCS1. The Kier molecular flexibility index (Phi) is 4.92. The highest BCUT2D eigenvalue weighted by Gasteiger charge is 2.33. The molecule has 2 fully saturated rings. The summed E-state index contributed by atoms with van der Waals surface area (Å²) in [5.74, 6) is -0.0646. The predicted octanol–water partition coefficient (Wildman–Crippen LogP) is 2.03. The Bertz CT molecular complexity index is 315. The summed E-state index contributed by atoms with van der Waals surface area (Å²) < 4.78 is 0. The molecule has 0 aromatic rings. The van der Waals surface area contributed by atoms with Gasteiger partial charge in [-0.15, -0.1) is 11.8 Å². The molecule has 1 aliphatic heterocycles. The smallest absolute Gasteiger partial charge is 0.308 e. The molecule has 0 aromatic carbocycles. The van der Waals surface area contributed by atoms with Crippen molar-refractivity contribution < 1.29 is 14.7 Å². The molecule has 3 atom stereocenters. The molecule has 0 radical (unpaired) electrons. The number of thioether (sulfide) groups is 1. The molecule has 2 aliphatic rings. The van der Waals surface area contributed by atoms with Crippen molar-refractivity contribution in [1.82, 2.24) is 5.32 Å². The molecule has 1 aliphatic carbocycles. The number of hydrogen-bond acceptors (Lipinski definition) is 3. The first-order chi connectivity index (χ1) is 8.68. The van der Waals surface area contributed by atoms with E-state index in [1.165, 1.54) is 0 Å². The van der Waals surface area contributed by atoms with Crippen LogP contribution in [0.25, 0.3) is 0 Å². The van der Waals surface area contributed by atoms with Crippen LogP contribution in [-0.2, 0) is 9.59 Å². The molecule has 2 N–H and O–H groups in total. The van der Waals surface area contributed by atoms with Gasteiger partial charge in [-0.2, -0.15) is 0 Å². The van der Waals surface area contributed by atoms with Crippen molar-refractivity contribution in [2.75, 3.05) is 5.75 Å². The second-order valence-corrected chi connectivity index (χ2v) is 6.51. The van der Waals surface area contributed by atoms with E-state index >= 15 is 0 Å². The quantitative estimate of drug-likeness (QED) is 0.771. The van der Waals surface area contributed by atoms with Crippen LogP contribution >= 0.6 is 11.8 Å². The number of amides is 1. The van der Waals surface area contributed by atoms with Crippen molar-refractivity contribution in [3.05, 3.63) is 0 Å². The van der Waals surface area contributed by atoms with E-state index in [0.717, 1.165) is 44.3 Å². The van der Waals surface area contributed by atoms with Crippen LogP contribution in [0.2, 0.25) is 0 Å². The molecule has 5 heteroatoms. The fourth-order valence-corrected chi connectivity index (χ4v) is 4.01. The number of hydrogen-bond donors (Lipinski definition) is 2. The van der Waals surface area contributed by atoms with E-state index in [9.17, 15) is 14.7 Å². The molecular weight excluding hydrogens is 250 g/mol. The second kappa shape index (κ2) is 6.45. The van der Waals surface area contributed by atoms with Gasteiger partial charge >= 0.3 is 5.97 Å². The zero-order chi connectivity index (χ0) is 13.0. The fraction of sp³-hybridized carbons (Fsp3) is 0.846. The largest absolute Gasteiger partial charge is 0.481 e. The summed E-state index contributed by atoms with van der Waals surface area (Å²) in [5, 5.41) is 12.3. The third kappa shape index (κ3) is 3.40. The Morgan fingerprint density at radius 3 is 2.50 bits per heavy atom. The highest BCUT2D eigenvalue weighted by Crippen LogP contribution is 2.28. The molecule has 2 rings (SSSR count). The molecule has 3 unspecified atom stereocenters. The fourth-order valence-electron chi connectivity index (χ4n) is 2.84. The molecule has 18 heavy (non-hydrogen) atoms. The Balaban J connectivity index is 1.95. The van der Waals surface area contributed by atoms with Crippen LogP contribution in [0.1, 0.15) is 44.9 Å². The third-order valence-electron chi connectivity index (χ3n) is 3.88. The standard InChI is InChI=1S/C13H21NO3S/c15-12(11-7-4-8-18-11)14-10-6-3-1-2-5-9(10)13(16)17/h9-11H,1-8H2,(H,14,15)(H,16,17). The van der Waals surface area contributed by atoms with E-state index in [1.54, 1.807) is 11.8 Å². The van der Waals surface area contributed by atoms with Gasteiger partial charge < -0.3 is 10.4 Å². The lowest BCUT2D eigenvalue weighted by Gasteiger charge is -2.24. The van der Waals surface area contributed by atoms with Gasteiger partial charge in [0, 0.05) is 6.04 Å². The van der Waals surface area contributed by atoms with Gasteiger partial charge in [0.2, 0.25) is 5.91 Å². The van der Waals surface area contributed by atoms with E-state index in [-0.39, 0.29) is 17.2 Å². The van der Waals surface area contributed by atoms with E-state index in [0.29, 0.717) is 6.42 Å². The summed E-state index contributed by atoms with van der Waals surface area (Å²) in [5.41, 5.74) is 0. The van der Waals surface area contributed by atoms with E-state index in [2.05, 4.69) is 5.32 Å². The van der Waals surface area contributed by atoms with Crippen molar-refractivity contribution in [1.29, 1.82) is 0 Å². The Hall–Kier alpha value is -0.710. The number of nitrogens with one attached hydrogen (secondary N) is 1. The van der Waals surface area contributed by atoms with Gasteiger partial charge in [-0.05, 0) is 31.4 Å². The summed E-state index contributed by atoms with van der Waals surface area (Å²) in [6.07, 6.45) is 6.58. The average molecular weight is 271 g/mol. The molecular formula is C13H21NO3S. The number of carbonyl (C=O) groups excluding carboxylic acids is 1. The van der Waals surface area contributed by atoms with Gasteiger partial charge in [0.15, 0.2) is 0 Å². The summed E-state index contributed by atoms with van der Waals surface area (Å²) in [6.45, 7) is 0. The van der Waals surface area contributed by atoms with E-state index in [1.807, 2.05) is 0 Å². The van der Waals surface area contributed by atoms with Crippen LogP contribution in [0, 0.1) is 5.92 Å². The summed E-state index contributed by atoms with van der Waals surface area (Å²) in [7, 11) is 0. The van der Waals surface area contributed by atoms with Crippen LogP contribution in [0.3, 0.4) is 0 Å². The Labute approximate surface area is 112 Å². The molecule has 1 amide bonds. The van der Waals surface area contributed by atoms with E-state index in [4.69, 9.17) is 0 Å². The number of rotatable bonds is 3. The van der Waals surface area contributed by atoms with Crippen LogP contribution in [-0.4, -0.2) is 34.0 Å². The monoisotopic (exact) mass is 271 g/mol. The van der Waals surface area contributed by atoms with Gasteiger partial charge in [0.05, 0.1) is 11.2 Å². The topological polar surface area (TPSA) is 66.4 Å². The van der Waals surface area contributed by atoms with E-state index < -0.39 is 11.9 Å². The van der Waals surface area contributed by atoms with Crippen molar-refractivity contribution in [2.24, 2.45) is 5.92 Å². The maximum atomic E-state index is 12.1. The maximum absolute atomic E-state index is 12.1. The molecule has 4 nitrogen and oxygen atoms in total. The molecule has 102 valence electrons. The number of aliphatic carboxylic acids is 1. The first-order valence-corrected chi connectivity index (χ1v) is 7.88. The lowest BCUT2D eigenvalue weighted by Crippen LogP contribution is -2.45. The van der Waals surface area contributed by atoms with Gasteiger partial charge in [-0.3, -0.25) is 9.59 Å². The van der Waals surface area contributed by atoms with Gasteiger partial charge in [0.1, 0.15) is 0 Å². The zero-order valence-electron chi connectivity index (χ0n) is 10.6. The lowest BCUT2D eigenvalue weighted by molar-refractivity contribution is -0.143. The van der Waals surface area contributed by atoms with Crippen molar-refractivity contribution >= 4 is 23.6 Å². The maximum Gasteiger partial charge on any atom is 0.308 e. The zero-order valence-corrected chi connectivity index (χ0v) is 11.4. The number of carboxylic acid groups (broad SMARTS) is 1. The lowest BCUT2D eigenvalue weighted by atomic mass is 9.94. The van der Waals surface area contributed by atoms with Crippen LogP contribution in [0.5, 0.6) is 0 Å². The summed E-state index contributed by atoms with van der Waals surface area (Å²) >= 11 is 1.69. The molecule has 0 spiro atoms. The normalized spacial score (nSPS) is 32.8. The molecule has 0 aromatic heterocycles. The first-order valence-electron chi connectivity index (χ1n) is 6.83. The average Bonchev–Trinajstić information content (AvgIpc) is 2.77. The van der Waals surface area contributed by atoms with Crippen LogP contribution in [0.15, 0.2) is 0 Å². The summed E-state index contributed by atoms with van der Waals surface area (Å²) in [6, 6.07) is -0.168. The highest BCUT2D eigenvalue weighted by molar-refractivity contribution is 8.00. The first kappa shape index (κ1) is 13.7. The molecule has 1 saturated carbocycles. The predicted molar refractivity (Wildman–Crippen MR) is 71.6 cm³/mol.